The van der Waals surface area contributed by atoms with E-state index in [-0.39, 0.29) is 0 Å². The molecule has 0 fully saturated rings. The predicted octanol–water partition coefficient (Wildman–Crippen LogP) is 4.13. The summed E-state index contributed by atoms with van der Waals surface area (Å²) in [4.78, 5) is 12.8. The van der Waals surface area contributed by atoms with Gasteiger partial charge >= 0.3 is 0 Å². The van der Waals surface area contributed by atoms with Gasteiger partial charge in [-0.15, -0.1) is 0 Å². The molecule has 8 nitrogen and oxygen atoms in total. The predicted molar refractivity (Wildman–Crippen MR) is 120 cm³/mol. The zero-order valence-corrected chi connectivity index (χ0v) is 18.2. The molecule has 4 aromatic rings. The highest BCUT2D eigenvalue weighted by molar-refractivity contribution is 7.92. The molecule has 0 aliphatic heterocycles. The Morgan fingerprint density at radius 3 is 2.23 bits per heavy atom. The number of aryl methyl sites for hydroxylation is 3. The second-order valence-electron chi connectivity index (χ2n) is 7.27. The molecule has 2 heterocycles. The second kappa shape index (κ2) is 8.19. The fraction of sp³-hybridized carbons (Fsp3) is 0.136. The highest BCUT2D eigenvalue weighted by Gasteiger charge is 2.20. The molecule has 0 aliphatic rings. The van der Waals surface area contributed by atoms with Crippen LogP contribution >= 0.6 is 0 Å². The van der Waals surface area contributed by atoms with E-state index >= 15 is 0 Å². The fourth-order valence-corrected chi connectivity index (χ4v) is 5.03. The normalized spacial score (nSPS) is 11.3. The molecule has 2 N–H and O–H groups in total. The van der Waals surface area contributed by atoms with Crippen LogP contribution in [0, 0.1) is 20.8 Å². The molecule has 158 valence electrons. The summed E-state index contributed by atoms with van der Waals surface area (Å²) in [6, 6.07) is 12.5. The van der Waals surface area contributed by atoms with Gasteiger partial charge in [-0.2, -0.15) is 0 Å². The lowest BCUT2D eigenvalue weighted by atomic mass is 10.1. The van der Waals surface area contributed by atoms with Crippen molar-refractivity contribution in [2.75, 3.05) is 10.0 Å². The minimum Gasteiger partial charge on any atom is -0.340 e. The first-order valence-electron chi connectivity index (χ1n) is 9.60. The van der Waals surface area contributed by atoms with Crippen molar-refractivity contribution in [3.8, 4) is 5.82 Å². The number of hydrogen-bond donors (Lipinski definition) is 2. The summed E-state index contributed by atoms with van der Waals surface area (Å²) < 4.78 is 30.3. The third-order valence-corrected chi connectivity index (χ3v) is 6.39. The first-order valence-corrected chi connectivity index (χ1v) is 11.1. The van der Waals surface area contributed by atoms with Gasteiger partial charge in [0.05, 0.1) is 4.90 Å². The average Bonchev–Trinajstić information content (AvgIpc) is 3.23. The van der Waals surface area contributed by atoms with Crippen LogP contribution in [0.15, 0.2) is 72.4 Å². The van der Waals surface area contributed by atoms with Crippen LogP contribution in [-0.2, 0) is 10.0 Å². The number of benzene rings is 2. The van der Waals surface area contributed by atoms with Crippen LogP contribution in [0.5, 0.6) is 0 Å². The van der Waals surface area contributed by atoms with Gasteiger partial charge in [-0.05, 0) is 56.2 Å². The van der Waals surface area contributed by atoms with E-state index in [0.717, 1.165) is 22.4 Å². The van der Waals surface area contributed by atoms with Crippen molar-refractivity contribution in [1.29, 1.82) is 0 Å². The van der Waals surface area contributed by atoms with Gasteiger partial charge in [-0.3, -0.25) is 9.29 Å². The van der Waals surface area contributed by atoms with E-state index < -0.39 is 10.0 Å². The monoisotopic (exact) mass is 434 g/mol. The topological polar surface area (TPSA) is 102 Å². The van der Waals surface area contributed by atoms with Gasteiger partial charge in [0.15, 0.2) is 0 Å². The maximum absolute atomic E-state index is 12.9. The second-order valence-corrected chi connectivity index (χ2v) is 8.89. The fourth-order valence-electron chi connectivity index (χ4n) is 3.52. The van der Waals surface area contributed by atoms with Gasteiger partial charge in [0, 0.05) is 29.8 Å². The quantitative estimate of drug-likeness (QED) is 0.473. The Hall–Kier alpha value is -3.72. The smallest absolute Gasteiger partial charge is 0.262 e. The Balaban J connectivity index is 1.51. The maximum atomic E-state index is 12.9. The van der Waals surface area contributed by atoms with Crippen LogP contribution in [0.3, 0.4) is 0 Å². The molecular weight excluding hydrogens is 412 g/mol. The highest BCUT2D eigenvalue weighted by atomic mass is 32.2. The lowest BCUT2D eigenvalue weighted by Gasteiger charge is -2.14. The molecule has 0 saturated heterocycles. The number of nitrogens with zero attached hydrogens (tertiary/aromatic N) is 4. The van der Waals surface area contributed by atoms with Crippen LogP contribution in [0.1, 0.15) is 16.7 Å². The summed E-state index contributed by atoms with van der Waals surface area (Å²) in [7, 11) is -3.69. The van der Waals surface area contributed by atoms with Crippen LogP contribution in [0.25, 0.3) is 5.82 Å². The van der Waals surface area contributed by atoms with Gasteiger partial charge in [0.25, 0.3) is 10.0 Å². The largest absolute Gasteiger partial charge is 0.340 e. The molecule has 9 heteroatoms. The molecule has 4 rings (SSSR count). The zero-order valence-electron chi connectivity index (χ0n) is 17.4. The molecule has 0 saturated carbocycles. The first kappa shape index (κ1) is 20.5. The van der Waals surface area contributed by atoms with Gasteiger partial charge in [-0.1, -0.05) is 17.7 Å². The summed E-state index contributed by atoms with van der Waals surface area (Å²) >= 11 is 0. The van der Waals surface area contributed by atoms with Crippen LogP contribution in [0.4, 0.5) is 17.2 Å². The minimum atomic E-state index is -3.69. The van der Waals surface area contributed by atoms with Crippen LogP contribution in [-0.4, -0.2) is 27.9 Å². The SMILES string of the molecule is Cc1cc(C)c(S(=O)(=O)Nc2ccc(Nc3cc(-n4ccnc4)ncn3)cc2)c(C)c1. The van der Waals surface area contributed by atoms with Crippen molar-refractivity contribution in [3.63, 3.8) is 0 Å². The number of rotatable bonds is 6. The highest BCUT2D eigenvalue weighted by Crippen LogP contribution is 2.25. The number of anilines is 3. The maximum Gasteiger partial charge on any atom is 0.262 e. The molecule has 2 aromatic carbocycles. The molecule has 0 amide bonds. The first-order chi connectivity index (χ1) is 14.8. The molecule has 0 spiro atoms. The molecule has 31 heavy (non-hydrogen) atoms. The van der Waals surface area contributed by atoms with Crippen molar-refractivity contribution < 1.29 is 8.42 Å². The van der Waals surface area contributed by atoms with E-state index in [9.17, 15) is 8.42 Å². The van der Waals surface area contributed by atoms with Gasteiger partial charge < -0.3 is 5.32 Å². The van der Waals surface area contributed by atoms with Crippen molar-refractivity contribution in [2.24, 2.45) is 0 Å². The Labute approximate surface area is 181 Å². The van der Waals surface area contributed by atoms with E-state index in [2.05, 4.69) is 25.0 Å². The molecule has 0 radical (unpaired) electrons. The molecule has 0 aliphatic carbocycles. The van der Waals surface area contributed by atoms with Crippen molar-refractivity contribution in [1.82, 2.24) is 19.5 Å². The zero-order chi connectivity index (χ0) is 22.0. The molecule has 0 bridgehead atoms. The van der Waals surface area contributed by atoms with E-state index in [4.69, 9.17) is 0 Å². The van der Waals surface area contributed by atoms with Crippen LogP contribution in [0.2, 0.25) is 0 Å². The molecule has 0 unspecified atom stereocenters. The lowest BCUT2D eigenvalue weighted by Crippen LogP contribution is -2.16. The molecule has 0 atom stereocenters. The Kier molecular flexibility index (Phi) is 5.43. The number of sulfonamides is 1. The van der Waals surface area contributed by atoms with Gasteiger partial charge in [0.2, 0.25) is 0 Å². The van der Waals surface area contributed by atoms with E-state index in [1.54, 1.807) is 67.5 Å². The van der Waals surface area contributed by atoms with Crippen LogP contribution < -0.4 is 10.0 Å². The summed E-state index contributed by atoms with van der Waals surface area (Å²) in [5, 5.41) is 3.19. The Bertz CT molecular complexity index is 1290. The number of nitrogens with one attached hydrogen (secondary N) is 2. The summed E-state index contributed by atoms with van der Waals surface area (Å²) in [5.74, 6) is 1.29. The van der Waals surface area contributed by atoms with E-state index in [0.29, 0.717) is 22.2 Å². The third-order valence-electron chi connectivity index (χ3n) is 4.70. The number of aromatic nitrogens is 4. The summed E-state index contributed by atoms with van der Waals surface area (Å²) in [6.45, 7) is 5.56. The summed E-state index contributed by atoms with van der Waals surface area (Å²) in [6.07, 6.45) is 6.59. The molecule has 2 aromatic heterocycles. The van der Waals surface area contributed by atoms with Crippen molar-refractivity contribution in [2.45, 2.75) is 25.7 Å². The standard InChI is InChI=1S/C22H22N6O2S/c1-15-10-16(2)22(17(3)11-15)31(29,30)27-19-6-4-18(5-7-19)26-20-12-21(25-13-24-20)28-9-8-23-14-28/h4-14,27H,1-3H3,(H,24,25,26). The minimum absolute atomic E-state index is 0.313. The van der Waals surface area contributed by atoms with Crippen molar-refractivity contribution >= 4 is 27.2 Å². The third kappa shape index (κ3) is 4.56. The van der Waals surface area contributed by atoms with E-state index in [1.165, 1.54) is 6.33 Å². The number of hydrogen-bond acceptors (Lipinski definition) is 6. The average molecular weight is 435 g/mol. The Morgan fingerprint density at radius 1 is 0.903 bits per heavy atom. The summed E-state index contributed by atoms with van der Waals surface area (Å²) in [5.41, 5.74) is 3.72. The van der Waals surface area contributed by atoms with Crippen molar-refractivity contribution in [3.05, 3.63) is 84.2 Å². The lowest BCUT2D eigenvalue weighted by molar-refractivity contribution is 0.600. The Morgan fingerprint density at radius 2 is 1.58 bits per heavy atom. The van der Waals surface area contributed by atoms with Gasteiger partial charge in [-0.25, -0.2) is 23.4 Å². The number of imidazole rings is 1. The van der Waals surface area contributed by atoms with Gasteiger partial charge in [0.1, 0.15) is 24.3 Å². The van der Waals surface area contributed by atoms with E-state index in [1.807, 2.05) is 19.1 Å². The molecular formula is C22H22N6O2S.